The van der Waals surface area contributed by atoms with Crippen molar-refractivity contribution >= 4 is 28.2 Å². The molecule has 0 radical (unpaired) electrons. The first-order chi connectivity index (χ1) is 12.6. The van der Waals surface area contributed by atoms with Gasteiger partial charge < -0.3 is 4.74 Å². The lowest BCUT2D eigenvalue weighted by Crippen LogP contribution is -2.18. The lowest BCUT2D eigenvalue weighted by atomic mass is 10.00. The molecule has 3 nitrogen and oxygen atoms in total. The zero-order valence-corrected chi connectivity index (χ0v) is 15.3. The molecule has 0 bridgehead atoms. The number of ketones is 1. The summed E-state index contributed by atoms with van der Waals surface area (Å²) in [6.07, 6.45) is 0.566. The van der Waals surface area contributed by atoms with Gasteiger partial charge in [-0.25, -0.2) is 4.21 Å². The van der Waals surface area contributed by atoms with E-state index in [1.54, 1.807) is 24.3 Å². The Labute approximate surface area is 159 Å². The number of benzene rings is 3. The van der Waals surface area contributed by atoms with Crippen LogP contribution in [0, 0.1) is 0 Å². The first-order valence-electron chi connectivity index (χ1n) is 8.17. The van der Waals surface area contributed by atoms with E-state index in [4.69, 9.17) is 16.3 Å². The average Bonchev–Trinajstić information content (AvgIpc) is 2.68. The monoisotopic (exact) mass is 382 g/mol. The van der Waals surface area contributed by atoms with E-state index in [-0.39, 0.29) is 12.4 Å². The van der Waals surface area contributed by atoms with Crippen molar-refractivity contribution < 1.29 is 13.7 Å². The number of carbonyl (C=O) groups excluding carboxylic acids is 1. The molecule has 0 aliphatic carbocycles. The topological polar surface area (TPSA) is 43.4 Å². The fourth-order valence-corrected chi connectivity index (χ4v) is 4.94. The Hall–Kier alpha value is -2.43. The molecule has 130 valence electrons. The second kappa shape index (κ2) is 7.06. The van der Waals surface area contributed by atoms with Gasteiger partial charge in [-0.1, -0.05) is 48.0 Å². The van der Waals surface area contributed by atoms with Gasteiger partial charge in [-0.3, -0.25) is 4.79 Å². The van der Waals surface area contributed by atoms with Gasteiger partial charge in [0.25, 0.3) is 0 Å². The highest BCUT2D eigenvalue weighted by atomic mass is 35.5. The molecule has 4 rings (SSSR count). The molecule has 26 heavy (non-hydrogen) atoms. The first kappa shape index (κ1) is 17.0. The molecule has 1 aliphatic heterocycles. The molecule has 1 atom stereocenters. The lowest BCUT2D eigenvalue weighted by molar-refractivity contribution is 0.0918. The summed E-state index contributed by atoms with van der Waals surface area (Å²) in [5.74, 6) is 0.407. The zero-order chi connectivity index (χ0) is 18.1. The maximum Gasteiger partial charge on any atom is 0.201 e. The highest BCUT2D eigenvalue weighted by Gasteiger charge is 2.28. The number of halogens is 1. The van der Waals surface area contributed by atoms with Gasteiger partial charge >= 0.3 is 0 Å². The zero-order valence-electron chi connectivity index (χ0n) is 13.8. The van der Waals surface area contributed by atoms with Crippen LogP contribution in [0.15, 0.2) is 76.5 Å². The maximum absolute atomic E-state index is 13.1. The number of hydrogen-bond acceptors (Lipinski definition) is 3. The molecular weight excluding hydrogens is 368 g/mol. The van der Waals surface area contributed by atoms with Crippen LogP contribution in [0.25, 0.3) is 0 Å². The van der Waals surface area contributed by atoms with Crippen molar-refractivity contribution in [3.8, 4) is 5.75 Å². The summed E-state index contributed by atoms with van der Waals surface area (Å²) >= 11 is 6.35. The molecule has 0 saturated heterocycles. The van der Waals surface area contributed by atoms with Gasteiger partial charge in [-0.15, -0.1) is 0 Å². The van der Waals surface area contributed by atoms with E-state index in [2.05, 4.69) is 0 Å². The van der Waals surface area contributed by atoms with E-state index in [9.17, 15) is 9.00 Å². The van der Waals surface area contributed by atoms with Gasteiger partial charge in [0, 0.05) is 21.9 Å². The van der Waals surface area contributed by atoms with E-state index in [1.165, 1.54) is 0 Å². The van der Waals surface area contributed by atoms with Crippen LogP contribution in [0.5, 0.6) is 5.75 Å². The SMILES string of the molecule is O=C(COc1ccccc1)c1ccc(Cl)c2c1S(=O)c1ccccc1C2. The van der Waals surface area contributed by atoms with Crippen molar-refractivity contribution in [1.82, 2.24) is 0 Å². The number of fused-ring (bicyclic) bond motifs is 2. The van der Waals surface area contributed by atoms with Crippen molar-refractivity contribution in [1.29, 1.82) is 0 Å². The number of rotatable bonds is 4. The van der Waals surface area contributed by atoms with E-state index < -0.39 is 10.8 Å². The van der Waals surface area contributed by atoms with Crippen LogP contribution in [0.1, 0.15) is 21.5 Å². The Morgan fingerprint density at radius 2 is 1.73 bits per heavy atom. The van der Waals surface area contributed by atoms with Crippen LogP contribution in [-0.4, -0.2) is 16.6 Å². The van der Waals surface area contributed by atoms with Gasteiger partial charge in [0.15, 0.2) is 6.61 Å². The van der Waals surface area contributed by atoms with Crippen molar-refractivity contribution in [2.45, 2.75) is 16.2 Å². The fourth-order valence-electron chi connectivity index (χ4n) is 3.07. The largest absolute Gasteiger partial charge is 0.485 e. The van der Waals surface area contributed by atoms with Crippen LogP contribution in [0.2, 0.25) is 5.02 Å². The number of para-hydroxylation sites is 1. The second-order valence-corrected chi connectivity index (χ2v) is 7.77. The molecule has 0 amide bonds. The summed E-state index contributed by atoms with van der Waals surface area (Å²) in [6, 6.07) is 20.0. The molecule has 1 heterocycles. The molecule has 5 heteroatoms. The number of ether oxygens (including phenoxy) is 1. The van der Waals surface area contributed by atoms with Crippen molar-refractivity contribution in [2.24, 2.45) is 0 Å². The first-order valence-corrected chi connectivity index (χ1v) is 9.70. The minimum absolute atomic E-state index is 0.114. The number of carbonyl (C=O) groups is 1. The predicted octanol–water partition coefficient (Wildman–Crippen LogP) is 4.67. The van der Waals surface area contributed by atoms with Crippen LogP contribution >= 0.6 is 11.6 Å². The molecular formula is C21H15ClO3S. The minimum atomic E-state index is -1.44. The molecule has 0 fully saturated rings. The summed E-state index contributed by atoms with van der Waals surface area (Å²) < 4.78 is 18.7. The molecule has 1 unspecified atom stereocenters. The van der Waals surface area contributed by atoms with Gasteiger partial charge in [-0.05, 0) is 41.5 Å². The molecule has 1 aliphatic rings. The van der Waals surface area contributed by atoms with Crippen LogP contribution in [0.3, 0.4) is 0 Å². The lowest BCUT2D eigenvalue weighted by Gasteiger charge is -2.22. The molecule has 3 aromatic rings. The van der Waals surface area contributed by atoms with Crippen molar-refractivity contribution in [2.75, 3.05) is 6.61 Å². The minimum Gasteiger partial charge on any atom is -0.485 e. The second-order valence-electron chi connectivity index (χ2n) is 5.98. The molecule has 0 N–H and O–H groups in total. The number of Topliss-reactive ketones (excluding diaryl/α,β-unsaturated/α-hetero) is 1. The van der Waals surface area contributed by atoms with Gasteiger partial charge in [0.1, 0.15) is 5.75 Å². The Bertz CT molecular complexity index is 1020. The van der Waals surface area contributed by atoms with Gasteiger partial charge in [-0.2, -0.15) is 0 Å². The third-order valence-corrected chi connectivity index (χ3v) is 6.33. The van der Waals surface area contributed by atoms with Crippen LogP contribution in [-0.2, 0) is 17.2 Å². The summed E-state index contributed by atoms with van der Waals surface area (Å²) in [5.41, 5.74) is 2.15. The van der Waals surface area contributed by atoms with Crippen molar-refractivity contribution in [3.63, 3.8) is 0 Å². The highest BCUT2D eigenvalue weighted by Crippen LogP contribution is 2.37. The standard InChI is InChI=1S/C21H15ClO3S/c22-18-11-10-16(19(23)13-25-15-7-2-1-3-8-15)21-17(18)12-14-6-4-5-9-20(14)26(21)24/h1-11H,12-13H2. The summed E-state index contributed by atoms with van der Waals surface area (Å²) in [4.78, 5) is 14.0. The van der Waals surface area contributed by atoms with Crippen LogP contribution in [0.4, 0.5) is 0 Å². The van der Waals surface area contributed by atoms with Crippen molar-refractivity contribution in [3.05, 3.63) is 88.4 Å². The average molecular weight is 383 g/mol. The Balaban J connectivity index is 1.69. The van der Waals surface area contributed by atoms with E-state index in [0.717, 1.165) is 16.0 Å². The Morgan fingerprint density at radius 3 is 2.54 bits per heavy atom. The summed E-state index contributed by atoms with van der Waals surface area (Å²) in [5, 5.41) is 0.531. The van der Waals surface area contributed by atoms with Gasteiger partial charge in [0.05, 0.1) is 15.7 Å². The third kappa shape index (κ3) is 3.06. The summed E-state index contributed by atoms with van der Waals surface area (Å²) in [6.45, 7) is -0.114. The highest BCUT2D eigenvalue weighted by molar-refractivity contribution is 7.85. The molecule has 0 saturated carbocycles. The van der Waals surface area contributed by atoms with E-state index in [1.807, 2.05) is 42.5 Å². The smallest absolute Gasteiger partial charge is 0.201 e. The maximum atomic E-state index is 13.1. The van der Waals surface area contributed by atoms with Crippen LogP contribution < -0.4 is 4.74 Å². The van der Waals surface area contributed by atoms with E-state index >= 15 is 0 Å². The molecule has 0 aromatic heterocycles. The molecule has 3 aromatic carbocycles. The predicted molar refractivity (Wildman–Crippen MR) is 102 cm³/mol. The number of hydrogen-bond donors (Lipinski definition) is 0. The van der Waals surface area contributed by atoms with E-state index in [0.29, 0.717) is 27.7 Å². The summed E-state index contributed by atoms with van der Waals surface area (Å²) in [7, 11) is -1.44. The Morgan fingerprint density at radius 1 is 1.00 bits per heavy atom. The third-order valence-electron chi connectivity index (χ3n) is 4.34. The quantitative estimate of drug-likeness (QED) is 0.481. The fraction of sp³-hybridized carbons (Fsp3) is 0.0952. The Kier molecular flexibility index (Phi) is 4.62. The normalized spacial score (nSPS) is 15.0. The van der Waals surface area contributed by atoms with Gasteiger partial charge in [0.2, 0.25) is 5.78 Å². The molecule has 0 spiro atoms.